The number of aliphatic hydroxyl groups excluding tert-OH is 1. The number of phosphoric acid groups is 1. The standard InChI is InChI=1S/C57H105N2O6P/c1-6-8-10-12-14-16-18-20-22-24-25-26-27-28-29-30-31-32-33-35-36-38-40-42-44-46-48-50-56(60)55(54-65-66(62,63)64-53-52-59(3,4)5)58-57(61)51-49-47-45-43-41-39-37-34-23-21-19-17-15-13-11-9-7-2/h9,11,15,17,21,23,37,39,43,45,48,50,55-56,60H,6-8,10,12-14,16,18-20,22,24-36,38,40-42,44,46-47,49,51-54H2,1-5H3,(H-,58,61,62,63)/b11-9-,17-15-,23-21-,39-37-,45-43-,50-48+. The molecule has 0 heterocycles. The summed E-state index contributed by atoms with van der Waals surface area (Å²) < 4.78 is 23.3. The first kappa shape index (κ1) is 63.9. The van der Waals surface area contributed by atoms with Gasteiger partial charge in [-0.3, -0.25) is 9.36 Å². The molecule has 3 atom stereocenters. The first-order valence-corrected chi connectivity index (χ1v) is 28.8. The minimum absolute atomic E-state index is 0.0147. The number of phosphoric ester groups is 1. The third-order valence-electron chi connectivity index (χ3n) is 11.9. The Morgan fingerprint density at radius 2 is 0.924 bits per heavy atom. The quantitative estimate of drug-likeness (QED) is 0.0272. The largest absolute Gasteiger partial charge is 0.756 e. The van der Waals surface area contributed by atoms with E-state index in [1.165, 1.54) is 148 Å². The molecular formula is C57H105N2O6P. The maximum absolute atomic E-state index is 12.9. The van der Waals surface area contributed by atoms with E-state index in [-0.39, 0.29) is 18.9 Å². The Kier molecular flexibility index (Phi) is 46.5. The highest BCUT2D eigenvalue weighted by Crippen LogP contribution is 2.38. The first-order chi connectivity index (χ1) is 32.0. The second kappa shape index (κ2) is 48.0. The smallest absolute Gasteiger partial charge is 0.268 e. The summed E-state index contributed by atoms with van der Waals surface area (Å²) in [6.45, 7) is 4.50. The van der Waals surface area contributed by atoms with E-state index in [4.69, 9.17) is 9.05 Å². The molecule has 0 bridgehead atoms. The summed E-state index contributed by atoms with van der Waals surface area (Å²) in [4.78, 5) is 25.4. The van der Waals surface area contributed by atoms with Gasteiger partial charge in [-0.15, -0.1) is 0 Å². The van der Waals surface area contributed by atoms with E-state index in [1.807, 2.05) is 27.2 Å². The third-order valence-corrected chi connectivity index (χ3v) is 12.9. The van der Waals surface area contributed by atoms with Gasteiger partial charge < -0.3 is 28.8 Å². The van der Waals surface area contributed by atoms with Crippen molar-refractivity contribution >= 4 is 13.7 Å². The summed E-state index contributed by atoms with van der Waals surface area (Å²) in [6, 6.07) is -0.921. The molecular weight excluding hydrogens is 840 g/mol. The predicted octanol–water partition coefficient (Wildman–Crippen LogP) is 15.7. The topological polar surface area (TPSA) is 108 Å². The van der Waals surface area contributed by atoms with E-state index in [2.05, 4.69) is 79.9 Å². The van der Waals surface area contributed by atoms with Gasteiger partial charge in [-0.05, 0) is 57.8 Å². The fourth-order valence-corrected chi connectivity index (χ4v) is 8.38. The Hall–Kier alpha value is -2.06. The van der Waals surface area contributed by atoms with Crippen LogP contribution in [0.4, 0.5) is 0 Å². The van der Waals surface area contributed by atoms with E-state index in [9.17, 15) is 19.4 Å². The van der Waals surface area contributed by atoms with Crippen molar-refractivity contribution in [1.82, 2.24) is 5.32 Å². The summed E-state index contributed by atoms with van der Waals surface area (Å²) in [7, 11) is 1.22. The molecule has 0 aromatic carbocycles. The average Bonchev–Trinajstić information content (AvgIpc) is 3.28. The molecule has 0 rings (SSSR count). The predicted molar refractivity (Wildman–Crippen MR) is 284 cm³/mol. The summed E-state index contributed by atoms with van der Waals surface area (Å²) in [5, 5.41) is 13.8. The Morgan fingerprint density at radius 1 is 0.545 bits per heavy atom. The summed E-state index contributed by atoms with van der Waals surface area (Å²) >= 11 is 0. The van der Waals surface area contributed by atoms with Crippen LogP contribution in [-0.4, -0.2) is 68.5 Å². The van der Waals surface area contributed by atoms with Gasteiger partial charge in [0.15, 0.2) is 0 Å². The highest BCUT2D eigenvalue weighted by Gasteiger charge is 2.23. The molecule has 0 aromatic rings. The lowest BCUT2D eigenvalue weighted by Crippen LogP contribution is -2.45. The molecule has 0 fully saturated rings. The van der Waals surface area contributed by atoms with E-state index in [0.29, 0.717) is 17.4 Å². The van der Waals surface area contributed by atoms with Gasteiger partial charge >= 0.3 is 0 Å². The molecule has 0 saturated carbocycles. The molecule has 0 saturated heterocycles. The van der Waals surface area contributed by atoms with Crippen LogP contribution in [0, 0.1) is 0 Å². The number of hydrogen-bond acceptors (Lipinski definition) is 6. The van der Waals surface area contributed by atoms with Crippen LogP contribution in [0.2, 0.25) is 0 Å². The molecule has 2 N–H and O–H groups in total. The Bertz CT molecular complexity index is 1300. The van der Waals surface area contributed by atoms with Crippen molar-refractivity contribution in [2.24, 2.45) is 0 Å². The highest BCUT2D eigenvalue weighted by atomic mass is 31.2. The number of nitrogens with zero attached hydrogens (tertiary/aromatic N) is 1. The van der Waals surface area contributed by atoms with E-state index >= 15 is 0 Å². The van der Waals surface area contributed by atoms with Gasteiger partial charge in [0.25, 0.3) is 7.82 Å². The molecule has 384 valence electrons. The van der Waals surface area contributed by atoms with Crippen LogP contribution < -0.4 is 10.2 Å². The number of likely N-dealkylation sites (N-methyl/N-ethyl adjacent to an activating group) is 1. The van der Waals surface area contributed by atoms with Crippen molar-refractivity contribution < 1.29 is 32.9 Å². The summed E-state index contributed by atoms with van der Waals surface area (Å²) in [5.74, 6) is -0.254. The summed E-state index contributed by atoms with van der Waals surface area (Å²) in [6.07, 6.45) is 65.6. The zero-order chi connectivity index (χ0) is 48.5. The van der Waals surface area contributed by atoms with E-state index in [1.54, 1.807) is 6.08 Å². The maximum atomic E-state index is 12.9. The second-order valence-electron chi connectivity index (χ2n) is 19.6. The van der Waals surface area contributed by atoms with Crippen molar-refractivity contribution in [3.05, 3.63) is 72.9 Å². The van der Waals surface area contributed by atoms with Gasteiger partial charge in [0.1, 0.15) is 13.2 Å². The number of hydrogen-bond donors (Lipinski definition) is 2. The molecule has 66 heavy (non-hydrogen) atoms. The van der Waals surface area contributed by atoms with Crippen molar-refractivity contribution in [2.45, 2.75) is 244 Å². The van der Waals surface area contributed by atoms with Crippen LogP contribution in [-0.2, 0) is 18.4 Å². The Labute approximate surface area is 408 Å². The number of unbranched alkanes of at least 4 members (excludes halogenated alkanes) is 26. The highest BCUT2D eigenvalue weighted by molar-refractivity contribution is 7.45. The molecule has 1 amide bonds. The molecule has 0 aromatic heterocycles. The molecule has 0 radical (unpaired) electrons. The van der Waals surface area contributed by atoms with Gasteiger partial charge in [-0.25, -0.2) is 0 Å². The van der Waals surface area contributed by atoms with Crippen molar-refractivity contribution in [1.29, 1.82) is 0 Å². The van der Waals surface area contributed by atoms with Crippen LogP contribution in [0.1, 0.15) is 232 Å². The van der Waals surface area contributed by atoms with Crippen molar-refractivity contribution in [3.8, 4) is 0 Å². The van der Waals surface area contributed by atoms with E-state index < -0.39 is 26.6 Å². The SMILES string of the molecule is CC/C=C\C/C=C\C/C=C\C/C=C\C/C=C\CCCC(=O)NC(COP(=O)([O-])OCC[N+](C)(C)C)C(O)/C=C/CCCCCCCCCCCCCCCCCCCCCCCCCCC. The summed E-state index contributed by atoms with van der Waals surface area (Å²) in [5.41, 5.74) is 0. The number of aliphatic hydroxyl groups is 1. The van der Waals surface area contributed by atoms with Gasteiger partial charge in [0, 0.05) is 6.42 Å². The molecule has 0 spiro atoms. The molecule has 0 aliphatic carbocycles. The molecule has 0 aliphatic heterocycles. The third kappa shape index (κ3) is 49.8. The number of rotatable bonds is 49. The first-order valence-electron chi connectivity index (χ1n) is 27.3. The molecule has 3 unspecified atom stereocenters. The lowest BCUT2D eigenvalue weighted by Gasteiger charge is -2.29. The van der Waals surface area contributed by atoms with Crippen molar-refractivity contribution in [2.75, 3.05) is 40.9 Å². The fourth-order valence-electron chi connectivity index (χ4n) is 7.66. The van der Waals surface area contributed by atoms with Gasteiger partial charge in [-0.2, -0.15) is 0 Å². The van der Waals surface area contributed by atoms with Crippen LogP contribution in [0.15, 0.2) is 72.9 Å². The van der Waals surface area contributed by atoms with Crippen molar-refractivity contribution in [3.63, 3.8) is 0 Å². The fraction of sp³-hybridized carbons (Fsp3) is 0.772. The van der Waals surface area contributed by atoms with Crippen LogP contribution in [0.25, 0.3) is 0 Å². The number of allylic oxidation sites excluding steroid dienone is 11. The monoisotopic (exact) mass is 945 g/mol. The van der Waals surface area contributed by atoms with Crippen LogP contribution >= 0.6 is 7.82 Å². The average molecular weight is 945 g/mol. The maximum Gasteiger partial charge on any atom is 0.268 e. The zero-order valence-corrected chi connectivity index (χ0v) is 44.5. The number of carbonyl (C=O) groups excluding carboxylic acids is 1. The van der Waals surface area contributed by atoms with Gasteiger partial charge in [-0.1, -0.05) is 241 Å². The van der Waals surface area contributed by atoms with Crippen LogP contribution in [0.3, 0.4) is 0 Å². The number of amides is 1. The minimum atomic E-state index is -4.61. The number of nitrogens with one attached hydrogen (secondary N) is 1. The lowest BCUT2D eigenvalue weighted by atomic mass is 10.0. The lowest BCUT2D eigenvalue weighted by molar-refractivity contribution is -0.870. The zero-order valence-electron chi connectivity index (χ0n) is 43.6. The Balaban J connectivity index is 4.28. The van der Waals surface area contributed by atoms with E-state index in [0.717, 1.165) is 57.8 Å². The minimum Gasteiger partial charge on any atom is -0.756 e. The molecule has 9 heteroatoms. The number of carbonyl (C=O) groups is 1. The number of quaternary nitrogens is 1. The molecule has 0 aliphatic rings. The second-order valence-corrected chi connectivity index (χ2v) is 21.0. The normalized spacial score (nSPS) is 14.6. The molecule has 8 nitrogen and oxygen atoms in total. The van der Waals surface area contributed by atoms with Gasteiger partial charge in [0.05, 0.1) is 39.9 Å². The van der Waals surface area contributed by atoms with Gasteiger partial charge in [0.2, 0.25) is 5.91 Å². The Morgan fingerprint density at radius 3 is 1.33 bits per heavy atom. The van der Waals surface area contributed by atoms with Crippen LogP contribution in [0.5, 0.6) is 0 Å².